The van der Waals surface area contributed by atoms with Crippen molar-refractivity contribution in [2.45, 2.75) is 19.3 Å². The molecule has 1 amide bonds. The number of carbonyl (C=O) groups is 3. The van der Waals surface area contributed by atoms with Crippen LogP contribution >= 0.6 is 0 Å². The maximum Gasteiger partial charge on any atom is 0.307 e. The number of hydrogen-bond acceptors (Lipinski definition) is 11. The van der Waals surface area contributed by atoms with Gasteiger partial charge in [-0.15, -0.1) is 0 Å². The van der Waals surface area contributed by atoms with E-state index in [0.29, 0.717) is 79.3 Å². The zero-order valence-corrected chi connectivity index (χ0v) is 22.6. The number of carboxylic acid groups (broad SMARTS) is 1. The van der Waals surface area contributed by atoms with Gasteiger partial charge in [0.25, 0.3) is 0 Å². The number of methoxy groups -OCH3 is 1. The van der Waals surface area contributed by atoms with Crippen LogP contribution in [-0.2, 0) is 52.3 Å². The van der Waals surface area contributed by atoms with Gasteiger partial charge in [-0.05, 0) is 0 Å². The van der Waals surface area contributed by atoms with Crippen molar-refractivity contribution in [3.05, 3.63) is 12.7 Å². The zero-order chi connectivity index (χ0) is 28.1. The van der Waals surface area contributed by atoms with Gasteiger partial charge in [0, 0.05) is 20.2 Å². The summed E-state index contributed by atoms with van der Waals surface area (Å²) < 4.78 is 42.0. The molecule has 0 aliphatic heterocycles. The van der Waals surface area contributed by atoms with E-state index in [4.69, 9.17) is 43.0 Å². The Morgan fingerprint density at radius 3 is 1.50 bits per heavy atom. The molecule has 0 fully saturated rings. The van der Waals surface area contributed by atoms with Gasteiger partial charge in [0.15, 0.2) is 0 Å². The Morgan fingerprint density at radius 1 is 0.658 bits per heavy atom. The molecule has 0 atom stereocenters. The van der Waals surface area contributed by atoms with Crippen molar-refractivity contribution in [1.29, 1.82) is 0 Å². The van der Waals surface area contributed by atoms with Crippen LogP contribution in [0.5, 0.6) is 0 Å². The number of aliphatic carboxylic acids is 1. The van der Waals surface area contributed by atoms with E-state index in [0.717, 1.165) is 0 Å². The molecular formula is C25H45NO12. The SMILES string of the molecule is C=CCOC(=O)CCN(CCC(=O)O)C(=O)CCOCCOCCOCCOCCOCCOCCOC. The molecule has 0 unspecified atom stereocenters. The van der Waals surface area contributed by atoms with E-state index in [1.807, 2.05) is 0 Å². The van der Waals surface area contributed by atoms with Crippen molar-refractivity contribution >= 4 is 17.8 Å². The predicted octanol–water partition coefficient (Wildman–Crippen LogP) is 0.545. The van der Waals surface area contributed by atoms with Crippen LogP contribution in [0.2, 0.25) is 0 Å². The third kappa shape index (κ3) is 25.5. The third-order valence-electron chi connectivity index (χ3n) is 4.65. The molecule has 38 heavy (non-hydrogen) atoms. The van der Waals surface area contributed by atoms with Crippen LogP contribution in [0.1, 0.15) is 19.3 Å². The van der Waals surface area contributed by atoms with Gasteiger partial charge in [-0.2, -0.15) is 0 Å². The summed E-state index contributed by atoms with van der Waals surface area (Å²) >= 11 is 0. The van der Waals surface area contributed by atoms with Gasteiger partial charge in [0.1, 0.15) is 6.61 Å². The van der Waals surface area contributed by atoms with Crippen LogP contribution in [0.15, 0.2) is 12.7 Å². The van der Waals surface area contributed by atoms with E-state index < -0.39 is 11.9 Å². The number of rotatable bonds is 29. The summed E-state index contributed by atoms with van der Waals surface area (Å²) in [5.74, 6) is -1.80. The topological polar surface area (TPSA) is 149 Å². The number of esters is 1. The Hall–Kier alpha value is -2.13. The van der Waals surface area contributed by atoms with E-state index in [-0.39, 0.29) is 51.5 Å². The molecule has 0 aliphatic carbocycles. The smallest absolute Gasteiger partial charge is 0.307 e. The minimum Gasteiger partial charge on any atom is -0.481 e. The first-order valence-electron chi connectivity index (χ1n) is 12.7. The molecule has 0 heterocycles. The van der Waals surface area contributed by atoms with Crippen LogP contribution < -0.4 is 0 Å². The molecule has 0 aromatic carbocycles. The van der Waals surface area contributed by atoms with Crippen molar-refractivity contribution in [1.82, 2.24) is 4.90 Å². The van der Waals surface area contributed by atoms with Crippen molar-refractivity contribution < 1.29 is 57.4 Å². The van der Waals surface area contributed by atoms with Gasteiger partial charge in [-0.1, -0.05) is 12.7 Å². The second kappa shape index (κ2) is 27.9. The quantitative estimate of drug-likeness (QED) is 0.0786. The van der Waals surface area contributed by atoms with Gasteiger partial charge in [-0.3, -0.25) is 14.4 Å². The van der Waals surface area contributed by atoms with Crippen LogP contribution in [0.3, 0.4) is 0 Å². The highest BCUT2D eigenvalue weighted by Gasteiger charge is 2.16. The second-order valence-electron chi connectivity index (χ2n) is 7.66. The van der Waals surface area contributed by atoms with Gasteiger partial charge in [0.2, 0.25) is 5.91 Å². The van der Waals surface area contributed by atoms with Crippen molar-refractivity contribution in [2.24, 2.45) is 0 Å². The largest absolute Gasteiger partial charge is 0.481 e. The molecule has 0 saturated carbocycles. The number of carbonyl (C=O) groups excluding carboxylic acids is 2. The molecule has 222 valence electrons. The van der Waals surface area contributed by atoms with Crippen molar-refractivity contribution in [3.8, 4) is 0 Å². The molecule has 13 heteroatoms. The fourth-order valence-corrected chi connectivity index (χ4v) is 2.70. The lowest BCUT2D eigenvalue weighted by Gasteiger charge is -2.21. The van der Waals surface area contributed by atoms with Crippen LogP contribution in [-0.4, -0.2) is 141 Å². The summed E-state index contributed by atoms with van der Waals surface area (Å²) in [6.45, 7) is 9.32. The van der Waals surface area contributed by atoms with Gasteiger partial charge >= 0.3 is 11.9 Å². The maximum atomic E-state index is 12.4. The summed E-state index contributed by atoms with van der Waals surface area (Å²) in [5, 5.41) is 8.88. The highest BCUT2D eigenvalue weighted by molar-refractivity contribution is 5.78. The van der Waals surface area contributed by atoms with Gasteiger partial charge < -0.3 is 47.9 Å². The number of hydrogen-bond donors (Lipinski definition) is 1. The average molecular weight is 552 g/mol. The summed E-state index contributed by atoms with van der Waals surface area (Å²) in [6, 6.07) is 0. The minimum absolute atomic E-state index is 0.00988. The summed E-state index contributed by atoms with van der Waals surface area (Å²) in [4.78, 5) is 36.2. The average Bonchev–Trinajstić information content (AvgIpc) is 2.90. The molecule has 0 aromatic heterocycles. The molecular weight excluding hydrogens is 506 g/mol. The fourth-order valence-electron chi connectivity index (χ4n) is 2.70. The first-order chi connectivity index (χ1) is 18.5. The fraction of sp³-hybridized carbons (Fsp3) is 0.800. The molecule has 13 nitrogen and oxygen atoms in total. The molecule has 0 spiro atoms. The lowest BCUT2D eigenvalue weighted by Crippen LogP contribution is -2.35. The summed E-state index contributed by atoms with van der Waals surface area (Å²) in [5.41, 5.74) is 0. The minimum atomic E-state index is -1.02. The summed E-state index contributed by atoms with van der Waals surface area (Å²) in [6.07, 6.45) is 1.27. The van der Waals surface area contributed by atoms with Crippen molar-refractivity contribution in [3.63, 3.8) is 0 Å². The van der Waals surface area contributed by atoms with Crippen LogP contribution in [0, 0.1) is 0 Å². The first-order valence-corrected chi connectivity index (χ1v) is 12.7. The lowest BCUT2D eigenvalue weighted by molar-refractivity contribution is -0.143. The number of amides is 1. The molecule has 0 bridgehead atoms. The van der Waals surface area contributed by atoms with Crippen LogP contribution in [0.4, 0.5) is 0 Å². The molecule has 0 saturated heterocycles. The Balaban J connectivity index is 3.62. The number of nitrogens with zero attached hydrogens (tertiary/aromatic N) is 1. The Bertz CT molecular complexity index is 605. The highest BCUT2D eigenvalue weighted by atomic mass is 16.6. The predicted molar refractivity (Wildman–Crippen MR) is 136 cm³/mol. The van der Waals surface area contributed by atoms with E-state index in [1.54, 1.807) is 7.11 Å². The van der Waals surface area contributed by atoms with Gasteiger partial charge in [-0.25, -0.2) is 0 Å². The third-order valence-corrected chi connectivity index (χ3v) is 4.65. The maximum absolute atomic E-state index is 12.4. The van der Waals surface area contributed by atoms with Crippen LogP contribution in [0.25, 0.3) is 0 Å². The Labute approximate surface area is 225 Å². The van der Waals surface area contributed by atoms with E-state index in [9.17, 15) is 14.4 Å². The lowest BCUT2D eigenvalue weighted by atomic mass is 10.3. The Kier molecular flexibility index (Phi) is 26.3. The normalized spacial score (nSPS) is 10.9. The van der Waals surface area contributed by atoms with E-state index in [1.165, 1.54) is 11.0 Å². The molecule has 0 rings (SSSR count). The molecule has 0 aliphatic rings. The summed E-state index contributed by atoms with van der Waals surface area (Å²) in [7, 11) is 1.63. The number of carboxylic acids is 1. The monoisotopic (exact) mass is 551 g/mol. The van der Waals surface area contributed by atoms with E-state index >= 15 is 0 Å². The van der Waals surface area contributed by atoms with E-state index in [2.05, 4.69) is 6.58 Å². The second-order valence-corrected chi connectivity index (χ2v) is 7.66. The molecule has 0 aromatic rings. The van der Waals surface area contributed by atoms with Crippen molar-refractivity contribution in [2.75, 3.05) is 113 Å². The zero-order valence-electron chi connectivity index (χ0n) is 22.6. The molecule has 1 N–H and O–H groups in total. The van der Waals surface area contributed by atoms with Gasteiger partial charge in [0.05, 0.1) is 105 Å². The first kappa shape index (κ1) is 35.9. The number of ether oxygens (including phenoxy) is 8. The standard InChI is InChI=1S/C25H45NO12/c1-3-9-38-25(30)5-8-26(7-4-24(28)29)23(27)6-10-32-13-14-34-17-18-36-21-22-37-20-19-35-16-15-33-12-11-31-2/h3H,1,4-22H2,2H3,(H,28,29). The Morgan fingerprint density at radius 2 is 1.08 bits per heavy atom. The molecule has 0 radical (unpaired) electrons. The highest BCUT2D eigenvalue weighted by Crippen LogP contribution is 2.01.